The molecule has 0 aliphatic carbocycles. The summed E-state index contributed by atoms with van der Waals surface area (Å²) in [5.41, 5.74) is 1.06. The summed E-state index contributed by atoms with van der Waals surface area (Å²) >= 11 is 1.65. The molecule has 0 unspecified atom stereocenters. The van der Waals surface area contributed by atoms with Gasteiger partial charge in [0.1, 0.15) is 10.8 Å². The normalized spacial score (nSPS) is 16.4. The number of hydrogen-bond donors (Lipinski definition) is 1. The van der Waals surface area contributed by atoms with Crippen LogP contribution in [0.3, 0.4) is 0 Å². The molecule has 2 heterocycles. The molecule has 0 atom stereocenters. The molecule has 0 bridgehead atoms. The van der Waals surface area contributed by atoms with E-state index in [0.29, 0.717) is 24.5 Å². The van der Waals surface area contributed by atoms with Gasteiger partial charge in [0.05, 0.1) is 12.1 Å². The first-order chi connectivity index (χ1) is 7.15. The molecule has 0 aromatic carbocycles. The molecule has 0 amide bonds. The highest BCUT2D eigenvalue weighted by Crippen LogP contribution is 2.18. The van der Waals surface area contributed by atoms with E-state index < -0.39 is 0 Å². The monoisotopic (exact) mass is 224 g/mol. The van der Waals surface area contributed by atoms with Crippen LogP contribution in [0, 0.1) is 19.8 Å². The van der Waals surface area contributed by atoms with Gasteiger partial charge in [-0.3, -0.25) is 4.79 Å². The highest BCUT2D eigenvalue weighted by Gasteiger charge is 2.20. The molecule has 1 aromatic rings. The van der Waals surface area contributed by atoms with Crippen LogP contribution in [0.2, 0.25) is 0 Å². The Morgan fingerprint density at radius 2 is 2.27 bits per heavy atom. The van der Waals surface area contributed by atoms with E-state index in [0.717, 1.165) is 23.8 Å². The van der Waals surface area contributed by atoms with Crippen LogP contribution < -0.4 is 5.32 Å². The van der Waals surface area contributed by atoms with E-state index in [1.165, 1.54) is 4.88 Å². The zero-order chi connectivity index (χ0) is 10.8. The minimum absolute atomic E-state index is 0.329. The van der Waals surface area contributed by atoms with Crippen LogP contribution in [0.1, 0.15) is 22.0 Å². The van der Waals surface area contributed by atoms with Crippen molar-refractivity contribution in [1.82, 2.24) is 10.3 Å². The molecule has 1 saturated heterocycles. The molecule has 2 rings (SSSR count). The van der Waals surface area contributed by atoms with E-state index in [9.17, 15) is 4.79 Å². The molecule has 0 spiro atoms. The maximum atomic E-state index is 11.7. The average molecular weight is 224 g/mol. The summed E-state index contributed by atoms with van der Waals surface area (Å²) in [6, 6.07) is 0. The Balaban J connectivity index is 1.87. The molecule has 15 heavy (non-hydrogen) atoms. The van der Waals surface area contributed by atoms with E-state index >= 15 is 0 Å². The molecular formula is C11H16N2OS. The number of hydrogen-bond acceptors (Lipinski definition) is 4. The predicted octanol–water partition coefficient (Wildman–Crippen LogP) is 1.48. The van der Waals surface area contributed by atoms with Crippen molar-refractivity contribution < 1.29 is 4.79 Å². The number of nitrogens with one attached hydrogen (secondary N) is 1. The Morgan fingerprint density at radius 3 is 2.73 bits per heavy atom. The van der Waals surface area contributed by atoms with Crippen molar-refractivity contribution in [3.63, 3.8) is 0 Å². The van der Waals surface area contributed by atoms with Crippen molar-refractivity contribution in [2.75, 3.05) is 13.1 Å². The van der Waals surface area contributed by atoms with Crippen molar-refractivity contribution >= 4 is 17.1 Å². The molecule has 3 nitrogen and oxygen atoms in total. The van der Waals surface area contributed by atoms with Gasteiger partial charge in [-0.05, 0) is 32.9 Å². The van der Waals surface area contributed by atoms with Crippen LogP contribution in [0.4, 0.5) is 0 Å². The first-order valence-corrected chi connectivity index (χ1v) is 6.12. The molecule has 1 aliphatic heterocycles. The SMILES string of the molecule is Cc1nc(CC(=O)CC2CNC2)sc1C. The standard InChI is InChI=1S/C11H16N2OS/c1-7-8(2)15-11(13-7)4-10(14)3-9-5-12-6-9/h9,12H,3-6H2,1-2H3. The minimum atomic E-state index is 0.329. The predicted molar refractivity (Wildman–Crippen MR) is 61.3 cm³/mol. The summed E-state index contributed by atoms with van der Waals surface area (Å²) in [7, 11) is 0. The Labute approximate surface area is 93.9 Å². The van der Waals surface area contributed by atoms with Crippen LogP contribution in [0.15, 0.2) is 0 Å². The van der Waals surface area contributed by atoms with Gasteiger partial charge in [0.2, 0.25) is 0 Å². The third-order valence-corrected chi connectivity index (χ3v) is 3.88. The summed E-state index contributed by atoms with van der Waals surface area (Å²) in [5.74, 6) is 0.898. The summed E-state index contributed by atoms with van der Waals surface area (Å²) in [6.07, 6.45) is 1.24. The van der Waals surface area contributed by atoms with E-state index in [1.807, 2.05) is 6.92 Å². The second kappa shape index (κ2) is 4.41. The number of aromatic nitrogens is 1. The zero-order valence-electron chi connectivity index (χ0n) is 9.17. The second-order valence-corrected chi connectivity index (χ2v) is 5.48. The Kier molecular flexibility index (Phi) is 3.17. The number of ketones is 1. The number of aryl methyl sites for hydroxylation is 2. The van der Waals surface area contributed by atoms with E-state index in [1.54, 1.807) is 11.3 Å². The lowest BCUT2D eigenvalue weighted by Gasteiger charge is -2.26. The van der Waals surface area contributed by atoms with Gasteiger partial charge in [0.15, 0.2) is 0 Å². The first-order valence-electron chi connectivity index (χ1n) is 5.30. The second-order valence-electron chi connectivity index (χ2n) is 4.19. The molecule has 1 aromatic heterocycles. The Hall–Kier alpha value is -0.740. The Morgan fingerprint density at radius 1 is 1.53 bits per heavy atom. The first kappa shape index (κ1) is 10.8. The van der Waals surface area contributed by atoms with Gasteiger partial charge in [-0.15, -0.1) is 11.3 Å². The van der Waals surface area contributed by atoms with E-state index in [2.05, 4.69) is 17.2 Å². The summed E-state index contributed by atoms with van der Waals surface area (Å²) in [6.45, 7) is 6.05. The molecule has 1 fully saturated rings. The van der Waals surface area contributed by atoms with Crippen molar-refractivity contribution in [2.24, 2.45) is 5.92 Å². The zero-order valence-corrected chi connectivity index (χ0v) is 9.99. The van der Waals surface area contributed by atoms with Gasteiger partial charge in [-0.2, -0.15) is 0 Å². The maximum absolute atomic E-state index is 11.7. The number of carbonyl (C=O) groups is 1. The van der Waals surface area contributed by atoms with Gasteiger partial charge in [-0.1, -0.05) is 0 Å². The molecule has 0 saturated carbocycles. The van der Waals surface area contributed by atoms with Crippen LogP contribution in [-0.4, -0.2) is 23.9 Å². The number of rotatable bonds is 4. The lowest BCUT2D eigenvalue weighted by Crippen LogP contribution is -2.43. The molecule has 1 N–H and O–H groups in total. The minimum Gasteiger partial charge on any atom is -0.316 e. The smallest absolute Gasteiger partial charge is 0.140 e. The van der Waals surface area contributed by atoms with Crippen molar-refractivity contribution in [1.29, 1.82) is 0 Å². The topological polar surface area (TPSA) is 42.0 Å². The third-order valence-electron chi connectivity index (χ3n) is 2.80. The Bertz CT molecular complexity index is 349. The van der Waals surface area contributed by atoms with Crippen molar-refractivity contribution in [2.45, 2.75) is 26.7 Å². The van der Waals surface area contributed by atoms with Gasteiger partial charge in [0, 0.05) is 11.3 Å². The summed E-state index contributed by atoms with van der Waals surface area (Å²) < 4.78 is 0. The fraction of sp³-hybridized carbons (Fsp3) is 0.636. The number of nitrogens with zero attached hydrogens (tertiary/aromatic N) is 1. The van der Waals surface area contributed by atoms with Crippen LogP contribution >= 0.6 is 11.3 Å². The summed E-state index contributed by atoms with van der Waals surface area (Å²) in [5, 5.41) is 4.15. The van der Waals surface area contributed by atoms with Gasteiger partial charge < -0.3 is 5.32 Å². The van der Waals surface area contributed by atoms with E-state index in [4.69, 9.17) is 0 Å². The van der Waals surface area contributed by atoms with Gasteiger partial charge in [0.25, 0.3) is 0 Å². The largest absolute Gasteiger partial charge is 0.316 e. The lowest BCUT2D eigenvalue weighted by molar-refractivity contribution is -0.119. The van der Waals surface area contributed by atoms with Crippen LogP contribution in [0.25, 0.3) is 0 Å². The van der Waals surface area contributed by atoms with E-state index in [-0.39, 0.29) is 0 Å². The lowest BCUT2D eigenvalue weighted by atomic mass is 9.96. The number of Topliss-reactive ketones (excluding diaryl/α,β-unsaturated/α-hetero) is 1. The fourth-order valence-corrected chi connectivity index (χ4v) is 2.63. The molecule has 82 valence electrons. The third kappa shape index (κ3) is 2.63. The quantitative estimate of drug-likeness (QED) is 0.842. The molecule has 0 radical (unpaired) electrons. The molecule has 1 aliphatic rings. The highest BCUT2D eigenvalue weighted by molar-refractivity contribution is 7.11. The van der Waals surface area contributed by atoms with Gasteiger partial charge in [-0.25, -0.2) is 4.98 Å². The fourth-order valence-electron chi connectivity index (χ4n) is 1.67. The molecule has 4 heteroatoms. The molecular weight excluding hydrogens is 208 g/mol. The van der Waals surface area contributed by atoms with Crippen molar-refractivity contribution in [3.05, 3.63) is 15.6 Å². The van der Waals surface area contributed by atoms with Crippen LogP contribution in [-0.2, 0) is 11.2 Å². The number of carbonyl (C=O) groups excluding carboxylic acids is 1. The van der Waals surface area contributed by atoms with Crippen LogP contribution in [0.5, 0.6) is 0 Å². The maximum Gasteiger partial charge on any atom is 0.140 e. The average Bonchev–Trinajstić information content (AvgIpc) is 2.39. The number of thiazole rings is 1. The summed E-state index contributed by atoms with van der Waals surface area (Å²) in [4.78, 5) is 17.3. The van der Waals surface area contributed by atoms with Gasteiger partial charge >= 0.3 is 0 Å². The highest BCUT2D eigenvalue weighted by atomic mass is 32.1. The van der Waals surface area contributed by atoms with Crippen molar-refractivity contribution in [3.8, 4) is 0 Å².